The Balaban J connectivity index is 1.08. The van der Waals surface area contributed by atoms with E-state index >= 15 is 0 Å². The molecule has 0 N–H and O–H groups in total. The van der Waals surface area contributed by atoms with Crippen molar-refractivity contribution in [3.05, 3.63) is 188 Å². The van der Waals surface area contributed by atoms with Gasteiger partial charge < -0.3 is 4.42 Å². The highest BCUT2D eigenvalue weighted by atomic mass is 16.3. The first kappa shape index (κ1) is 30.1. The molecule has 0 aliphatic carbocycles. The topological polar surface area (TPSA) is 49.8 Å². The summed E-state index contributed by atoms with van der Waals surface area (Å²) in [6.45, 7) is 0. The SMILES string of the molecule is N#Cc1ccc(-c2ccc(-c3ccc4ccc(-c5cc(-c6ccccc6)c6nc(-c7ccc(-c8ccccc8)cc7)oc6c5)cc4c3)cc2)cc1. The van der Waals surface area contributed by atoms with Crippen LogP contribution in [0.4, 0.5) is 0 Å². The summed E-state index contributed by atoms with van der Waals surface area (Å²) in [6, 6.07) is 65.3. The van der Waals surface area contributed by atoms with Gasteiger partial charge in [-0.15, -0.1) is 0 Å². The van der Waals surface area contributed by atoms with Gasteiger partial charge in [0.2, 0.25) is 5.89 Å². The molecule has 0 unspecified atom stereocenters. The Morgan fingerprint density at radius 2 is 0.863 bits per heavy atom. The molecule has 0 aliphatic heterocycles. The quantitative estimate of drug-likeness (QED) is 0.180. The maximum absolute atomic E-state index is 9.14. The number of oxazole rings is 1. The van der Waals surface area contributed by atoms with Gasteiger partial charge in [-0.2, -0.15) is 5.26 Å². The first-order chi connectivity index (χ1) is 25.2. The standard InChI is InChI=1S/C48H30N2O/c49-31-32-11-13-34(14-12-32)36-15-17-37(18-16-36)41-25-21-38-22-26-42(28-43(38)27-41)44-29-45(39-9-5-2-6-10-39)47-46(30-44)51-48(50-47)40-23-19-35(20-24-40)33-7-3-1-4-8-33/h1-30H. The van der Waals surface area contributed by atoms with E-state index in [9.17, 15) is 0 Å². The van der Waals surface area contributed by atoms with E-state index in [4.69, 9.17) is 14.7 Å². The number of hydrogen-bond acceptors (Lipinski definition) is 3. The number of hydrogen-bond donors (Lipinski definition) is 0. The lowest BCUT2D eigenvalue weighted by Gasteiger charge is -2.10. The summed E-state index contributed by atoms with van der Waals surface area (Å²) < 4.78 is 6.52. The predicted molar refractivity (Wildman–Crippen MR) is 209 cm³/mol. The second kappa shape index (κ2) is 12.8. The molecule has 3 heteroatoms. The number of nitriles is 1. The van der Waals surface area contributed by atoms with Gasteiger partial charge >= 0.3 is 0 Å². The molecule has 3 nitrogen and oxygen atoms in total. The second-order valence-corrected chi connectivity index (χ2v) is 12.7. The molecule has 0 saturated heterocycles. The molecule has 238 valence electrons. The molecule has 0 amide bonds. The molecule has 0 aliphatic rings. The van der Waals surface area contributed by atoms with E-state index in [1.807, 2.05) is 36.4 Å². The highest BCUT2D eigenvalue weighted by Crippen LogP contribution is 2.38. The summed E-state index contributed by atoms with van der Waals surface area (Å²) in [4.78, 5) is 5.05. The summed E-state index contributed by atoms with van der Waals surface area (Å²) in [7, 11) is 0. The van der Waals surface area contributed by atoms with E-state index in [-0.39, 0.29) is 0 Å². The van der Waals surface area contributed by atoms with Crippen molar-refractivity contribution in [3.8, 4) is 73.2 Å². The van der Waals surface area contributed by atoms with Crippen LogP contribution in [0.15, 0.2) is 186 Å². The third-order valence-electron chi connectivity index (χ3n) is 9.56. The molecule has 0 saturated carbocycles. The summed E-state index contributed by atoms with van der Waals surface area (Å²) in [5.41, 5.74) is 14.4. The molecule has 0 fully saturated rings. The third-order valence-corrected chi connectivity index (χ3v) is 9.56. The molecule has 1 heterocycles. The molecule has 1 aromatic heterocycles. The van der Waals surface area contributed by atoms with E-state index in [1.54, 1.807) is 0 Å². The Bertz CT molecular complexity index is 2700. The minimum absolute atomic E-state index is 0.604. The summed E-state index contributed by atoms with van der Waals surface area (Å²) in [5.74, 6) is 0.604. The number of rotatable bonds is 6. The number of aromatic nitrogens is 1. The van der Waals surface area contributed by atoms with Crippen LogP contribution in [-0.2, 0) is 0 Å². The van der Waals surface area contributed by atoms with Gasteiger partial charge in [0.1, 0.15) is 5.52 Å². The molecule has 8 aromatic carbocycles. The first-order valence-corrected chi connectivity index (χ1v) is 17.0. The zero-order valence-electron chi connectivity index (χ0n) is 27.6. The van der Waals surface area contributed by atoms with Crippen LogP contribution in [0.3, 0.4) is 0 Å². The molecule has 0 radical (unpaired) electrons. The maximum Gasteiger partial charge on any atom is 0.227 e. The third kappa shape index (κ3) is 5.86. The largest absolute Gasteiger partial charge is 0.436 e. The van der Waals surface area contributed by atoms with E-state index in [0.29, 0.717) is 11.5 Å². The fourth-order valence-electron chi connectivity index (χ4n) is 6.79. The van der Waals surface area contributed by atoms with E-state index in [2.05, 4.69) is 152 Å². The van der Waals surface area contributed by atoms with Crippen LogP contribution in [0.5, 0.6) is 0 Å². The van der Waals surface area contributed by atoms with Crippen molar-refractivity contribution in [2.75, 3.05) is 0 Å². The van der Waals surface area contributed by atoms with Crippen molar-refractivity contribution in [1.82, 2.24) is 4.98 Å². The van der Waals surface area contributed by atoms with Crippen LogP contribution in [-0.4, -0.2) is 4.98 Å². The van der Waals surface area contributed by atoms with Crippen LogP contribution in [0.1, 0.15) is 5.56 Å². The van der Waals surface area contributed by atoms with Gasteiger partial charge in [-0.1, -0.05) is 133 Å². The fourth-order valence-corrected chi connectivity index (χ4v) is 6.79. The van der Waals surface area contributed by atoms with Gasteiger partial charge in [0, 0.05) is 11.1 Å². The summed E-state index contributed by atoms with van der Waals surface area (Å²) >= 11 is 0. The van der Waals surface area contributed by atoms with Crippen molar-refractivity contribution in [2.45, 2.75) is 0 Å². The van der Waals surface area contributed by atoms with E-state index < -0.39 is 0 Å². The van der Waals surface area contributed by atoms with Crippen molar-refractivity contribution in [3.63, 3.8) is 0 Å². The van der Waals surface area contributed by atoms with Gasteiger partial charge in [0.05, 0.1) is 11.6 Å². The van der Waals surface area contributed by atoms with Gasteiger partial charge in [0.15, 0.2) is 5.58 Å². The molecular weight excluding hydrogens is 621 g/mol. The molecule has 0 bridgehead atoms. The fraction of sp³-hybridized carbons (Fsp3) is 0. The van der Waals surface area contributed by atoms with Crippen LogP contribution in [0, 0.1) is 11.3 Å². The minimum atomic E-state index is 0.604. The van der Waals surface area contributed by atoms with Crippen molar-refractivity contribution >= 4 is 21.9 Å². The molecular formula is C48H30N2O. The van der Waals surface area contributed by atoms with Gasteiger partial charge in [0.25, 0.3) is 0 Å². The van der Waals surface area contributed by atoms with E-state index in [0.717, 1.165) is 66.7 Å². The zero-order valence-corrected chi connectivity index (χ0v) is 27.6. The lowest BCUT2D eigenvalue weighted by atomic mass is 9.94. The number of benzene rings is 8. The van der Waals surface area contributed by atoms with Crippen LogP contribution in [0.2, 0.25) is 0 Å². The smallest absolute Gasteiger partial charge is 0.227 e. The lowest BCUT2D eigenvalue weighted by molar-refractivity contribution is 0.620. The molecule has 0 atom stereocenters. The number of nitrogens with zero attached hydrogens (tertiary/aromatic N) is 2. The molecule has 9 rings (SSSR count). The highest BCUT2D eigenvalue weighted by Gasteiger charge is 2.16. The summed E-state index contributed by atoms with van der Waals surface area (Å²) in [6.07, 6.45) is 0. The second-order valence-electron chi connectivity index (χ2n) is 12.7. The highest BCUT2D eigenvalue weighted by molar-refractivity contribution is 5.98. The van der Waals surface area contributed by atoms with Gasteiger partial charge in [-0.25, -0.2) is 4.98 Å². The predicted octanol–water partition coefficient (Wildman–Crippen LogP) is 12.9. The zero-order chi connectivity index (χ0) is 34.1. The number of fused-ring (bicyclic) bond motifs is 2. The first-order valence-electron chi connectivity index (χ1n) is 17.0. The average molecular weight is 651 g/mol. The molecule has 51 heavy (non-hydrogen) atoms. The maximum atomic E-state index is 9.14. The van der Waals surface area contributed by atoms with Gasteiger partial charge in [-0.3, -0.25) is 0 Å². The Morgan fingerprint density at radius 3 is 1.45 bits per heavy atom. The molecule has 0 spiro atoms. The molecule has 9 aromatic rings. The van der Waals surface area contributed by atoms with Crippen molar-refractivity contribution in [1.29, 1.82) is 5.26 Å². The summed E-state index contributed by atoms with van der Waals surface area (Å²) in [5, 5.41) is 11.5. The van der Waals surface area contributed by atoms with Crippen molar-refractivity contribution in [2.24, 2.45) is 0 Å². The monoisotopic (exact) mass is 650 g/mol. The van der Waals surface area contributed by atoms with E-state index in [1.165, 1.54) is 16.3 Å². The minimum Gasteiger partial charge on any atom is -0.436 e. The van der Waals surface area contributed by atoms with Crippen molar-refractivity contribution < 1.29 is 4.42 Å². The Kier molecular flexibility index (Phi) is 7.54. The normalized spacial score (nSPS) is 11.1. The lowest BCUT2D eigenvalue weighted by Crippen LogP contribution is -1.86. The van der Waals surface area contributed by atoms with Gasteiger partial charge in [-0.05, 0) is 109 Å². The average Bonchev–Trinajstić information content (AvgIpc) is 3.65. The Morgan fingerprint density at radius 1 is 0.392 bits per heavy atom. The van der Waals surface area contributed by atoms with Crippen LogP contribution in [0.25, 0.3) is 89.0 Å². The Labute approximate surface area is 296 Å². The van der Waals surface area contributed by atoms with Crippen LogP contribution < -0.4 is 0 Å². The van der Waals surface area contributed by atoms with Crippen LogP contribution >= 0.6 is 0 Å². The Hall–Kier alpha value is -7.02.